The van der Waals surface area contributed by atoms with E-state index >= 15 is 0 Å². The Morgan fingerprint density at radius 3 is 2.35 bits per heavy atom. The first kappa shape index (κ1) is 15.8. The second kappa shape index (κ2) is 6.54. The molecular weight excluding hydrogens is 240 g/mol. The topological polar surface area (TPSA) is 72.6 Å². The highest BCUT2D eigenvalue weighted by Crippen LogP contribution is 2.18. The summed E-state index contributed by atoms with van der Waals surface area (Å²) in [6.45, 7) is 3.85. The van der Waals surface area contributed by atoms with Gasteiger partial charge in [-0.15, -0.1) is 0 Å². The van der Waals surface area contributed by atoms with Crippen LogP contribution >= 0.6 is 12.2 Å². The average Bonchev–Trinajstić information content (AvgIpc) is 2.27. The standard InChI is InChI=1S/C11H20N2O3S/c1-11(2,9(12)17)10(15)13(3)7-5-6-8(14)16-4/h5-7H2,1-4H3,(H2,12,17). The first-order valence-corrected chi connectivity index (χ1v) is 5.76. The van der Waals surface area contributed by atoms with E-state index < -0.39 is 5.41 Å². The predicted octanol–water partition coefficient (Wildman–Crippen LogP) is 0.710. The van der Waals surface area contributed by atoms with E-state index in [1.807, 2.05) is 0 Å². The number of carbonyl (C=O) groups excluding carboxylic acids is 2. The number of rotatable bonds is 6. The Balaban J connectivity index is 4.24. The van der Waals surface area contributed by atoms with E-state index in [1.165, 1.54) is 12.0 Å². The third-order valence-corrected chi connectivity index (χ3v) is 3.11. The van der Waals surface area contributed by atoms with Crippen LogP contribution in [0, 0.1) is 5.41 Å². The number of nitrogens with two attached hydrogens (primary N) is 1. The van der Waals surface area contributed by atoms with Crippen molar-refractivity contribution in [1.29, 1.82) is 0 Å². The van der Waals surface area contributed by atoms with Crippen LogP contribution in [0.3, 0.4) is 0 Å². The van der Waals surface area contributed by atoms with Crippen molar-refractivity contribution in [2.45, 2.75) is 26.7 Å². The predicted molar refractivity (Wildman–Crippen MR) is 69.5 cm³/mol. The Bertz CT molecular complexity index is 316. The molecule has 0 aromatic carbocycles. The molecule has 0 saturated heterocycles. The largest absolute Gasteiger partial charge is 0.469 e. The lowest BCUT2D eigenvalue weighted by Crippen LogP contribution is -2.45. The zero-order valence-corrected chi connectivity index (χ0v) is 11.6. The molecule has 5 nitrogen and oxygen atoms in total. The summed E-state index contributed by atoms with van der Waals surface area (Å²) in [6, 6.07) is 0. The quantitative estimate of drug-likeness (QED) is 0.562. The van der Waals surface area contributed by atoms with Crippen molar-refractivity contribution in [1.82, 2.24) is 4.90 Å². The number of amides is 1. The lowest BCUT2D eigenvalue weighted by atomic mass is 9.91. The Hall–Kier alpha value is -1.17. The number of methoxy groups -OCH3 is 1. The summed E-state index contributed by atoms with van der Waals surface area (Å²) in [6.07, 6.45) is 0.851. The van der Waals surface area contributed by atoms with E-state index in [9.17, 15) is 9.59 Å². The first-order chi connectivity index (χ1) is 7.73. The Morgan fingerprint density at radius 2 is 1.94 bits per heavy atom. The van der Waals surface area contributed by atoms with Crippen LogP contribution in [-0.4, -0.2) is 42.5 Å². The maximum absolute atomic E-state index is 12.0. The summed E-state index contributed by atoms with van der Waals surface area (Å²) in [5.41, 5.74) is 4.67. The summed E-state index contributed by atoms with van der Waals surface area (Å²) < 4.78 is 4.51. The molecule has 0 aliphatic heterocycles. The number of thiocarbonyl (C=S) groups is 1. The minimum atomic E-state index is -0.852. The van der Waals surface area contributed by atoms with E-state index in [2.05, 4.69) is 4.74 Å². The minimum absolute atomic E-state index is 0.144. The van der Waals surface area contributed by atoms with Crippen LogP contribution in [0.4, 0.5) is 0 Å². The highest BCUT2D eigenvalue weighted by molar-refractivity contribution is 7.80. The zero-order valence-electron chi connectivity index (χ0n) is 10.8. The summed E-state index contributed by atoms with van der Waals surface area (Å²) in [7, 11) is 3.01. The van der Waals surface area contributed by atoms with Crippen LogP contribution < -0.4 is 5.73 Å². The van der Waals surface area contributed by atoms with Gasteiger partial charge in [0.15, 0.2) is 0 Å². The molecule has 0 aromatic rings. The van der Waals surface area contributed by atoms with Gasteiger partial charge in [0, 0.05) is 20.0 Å². The third-order valence-electron chi connectivity index (χ3n) is 2.60. The average molecular weight is 260 g/mol. The van der Waals surface area contributed by atoms with E-state index in [-0.39, 0.29) is 16.9 Å². The van der Waals surface area contributed by atoms with Crippen LogP contribution in [0.5, 0.6) is 0 Å². The third kappa shape index (κ3) is 4.68. The molecule has 0 atom stereocenters. The molecule has 6 heteroatoms. The van der Waals surface area contributed by atoms with Gasteiger partial charge in [0.1, 0.15) is 0 Å². The van der Waals surface area contributed by atoms with Gasteiger partial charge in [-0.05, 0) is 20.3 Å². The molecule has 1 amide bonds. The maximum Gasteiger partial charge on any atom is 0.305 e. The van der Waals surface area contributed by atoms with Gasteiger partial charge in [0.2, 0.25) is 5.91 Å². The Kier molecular flexibility index (Phi) is 6.09. The minimum Gasteiger partial charge on any atom is -0.469 e. The van der Waals surface area contributed by atoms with Gasteiger partial charge in [0.25, 0.3) is 0 Å². The number of ether oxygens (including phenoxy) is 1. The molecule has 0 spiro atoms. The van der Waals surface area contributed by atoms with Crippen LogP contribution in [0.25, 0.3) is 0 Å². The molecule has 2 N–H and O–H groups in total. The van der Waals surface area contributed by atoms with Crippen molar-refractivity contribution >= 4 is 29.1 Å². The van der Waals surface area contributed by atoms with Gasteiger partial charge in [-0.1, -0.05) is 12.2 Å². The van der Waals surface area contributed by atoms with Gasteiger partial charge < -0.3 is 15.4 Å². The molecule has 0 rings (SSSR count). The fourth-order valence-corrected chi connectivity index (χ4v) is 1.33. The second-order valence-electron chi connectivity index (χ2n) is 4.40. The smallest absolute Gasteiger partial charge is 0.305 e. The molecule has 0 saturated carbocycles. The van der Waals surface area contributed by atoms with Gasteiger partial charge in [-0.2, -0.15) is 0 Å². The van der Waals surface area contributed by atoms with Crippen molar-refractivity contribution in [2.75, 3.05) is 20.7 Å². The molecule has 17 heavy (non-hydrogen) atoms. The molecule has 0 aliphatic carbocycles. The van der Waals surface area contributed by atoms with Gasteiger partial charge >= 0.3 is 5.97 Å². The van der Waals surface area contributed by atoms with Gasteiger partial charge in [0.05, 0.1) is 17.5 Å². The van der Waals surface area contributed by atoms with Crippen molar-refractivity contribution < 1.29 is 14.3 Å². The molecule has 0 aliphatic rings. The van der Waals surface area contributed by atoms with Gasteiger partial charge in [-0.25, -0.2) is 0 Å². The molecule has 0 heterocycles. The van der Waals surface area contributed by atoms with E-state index in [4.69, 9.17) is 18.0 Å². The van der Waals surface area contributed by atoms with Crippen molar-refractivity contribution in [3.05, 3.63) is 0 Å². The fourth-order valence-electron chi connectivity index (χ4n) is 1.25. The second-order valence-corrected chi connectivity index (χ2v) is 4.84. The number of carbonyl (C=O) groups is 2. The maximum atomic E-state index is 12.0. The Labute approximate surface area is 107 Å². The molecule has 0 bridgehead atoms. The molecule has 0 radical (unpaired) electrons. The molecule has 0 unspecified atom stereocenters. The fraction of sp³-hybridized carbons (Fsp3) is 0.727. The molecule has 0 aromatic heterocycles. The van der Waals surface area contributed by atoms with Crippen LogP contribution in [0.1, 0.15) is 26.7 Å². The SMILES string of the molecule is COC(=O)CCCN(C)C(=O)C(C)(C)C(N)=S. The van der Waals surface area contributed by atoms with Crippen molar-refractivity contribution in [3.8, 4) is 0 Å². The summed E-state index contributed by atoms with van der Waals surface area (Å²) in [4.78, 5) is 24.6. The first-order valence-electron chi connectivity index (χ1n) is 5.35. The van der Waals surface area contributed by atoms with Crippen molar-refractivity contribution in [2.24, 2.45) is 11.1 Å². The van der Waals surface area contributed by atoms with Gasteiger partial charge in [-0.3, -0.25) is 9.59 Å². The van der Waals surface area contributed by atoms with Crippen LogP contribution in [-0.2, 0) is 14.3 Å². The summed E-state index contributed by atoms with van der Waals surface area (Å²) in [5, 5.41) is 0. The highest BCUT2D eigenvalue weighted by Gasteiger charge is 2.33. The van der Waals surface area contributed by atoms with Crippen LogP contribution in [0.2, 0.25) is 0 Å². The highest BCUT2D eigenvalue weighted by atomic mass is 32.1. The molecule has 0 fully saturated rings. The normalized spacial score (nSPS) is 10.8. The zero-order chi connectivity index (χ0) is 13.6. The lowest BCUT2D eigenvalue weighted by molar-refractivity contribution is -0.141. The van der Waals surface area contributed by atoms with E-state index in [1.54, 1.807) is 20.9 Å². The van der Waals surface area contributed by atoms with Crippen molar-refractivity contribution in [3.63, 3.8) is 0 Å². The number of esters is 1. The number of hydrogen-bond donors (Lipinski definition) is 1. The van der Waals surface area contributed by atoms with E-state index in [0.717, 1.165) is 0 Å². The lowest BCUT2D eigenvalue weighted by Gasteiger charge is -2.28. The monoisotopic (exact) mass is 260 g/mol. The Morgan fingerprint density at radius 1 is 1.41 bits per heavy atom. The van der Waals surface area contributed by atoms with Crippen LogP contribution in [0.15, 0.2) is 0 Å². The molecule has 98 valence electrons. The summed E-state index contributed by atoms with van der Waals surface area (Å²) in [5.74, 6) is -0.422. The number of nitrogens with zero attached hydrogens (tertiary/aromatic N) is 1. The molecular formula is C11H20N2O3S. The number of hydrogen-bond acceptors (Lipinski definition) is 4. The summed E-state index contributed by atoms with van der Waals surface area (Å²) >= 11 is 4.86. The van der Waals surface area contributed by atoms with E-state index in [0.29, 0.717) is 19.4 Å².